The number of aromatic nitrogens is 3. The van der Waals surface area contributed by atoms with Gasteiger partial charge in [0.2, 0.25) is 5.95 Å². The van der Waals surface area contributed by atoms with Crippen molar-refractivity contribution in [3.05, 3.63) is 66.0 Å². The number of benzene rings is 2. The molecule has 1 fully saturated rings. The molecule has 0 spiro atoms. The highest BCUT2D eigenvalue weighted by Crippen LogP contribution is 2.25. The normalized spacial score (nSPS) is 15.5. The molecule has 0 amide bonds. The molecule has 180 valence electrons. The minimum absolute atomic E-state index is 0.505. The summed E-state index contributed by atoms with van der Waals surface area (Å²) in [6.07, 6.45) is 7.52. The maximum atomic E-state index is 12.6. The molecule has 8 nitrogen and oxygen atoms in total. The van der Waals surface area contributed by atoms with E-state index in [9.17, 15) is 4.21 Å². The Hall–Kier alpha value is -3.18. The number of rotatable bonds is 8. The highest BCUT2D eigenvalue weighted by atomic mass is 32.2. The Bertz CT molecular complexity index is 1330. The van der Waals surface area contributed by atoms with Gasteiger partial charge in [-0.1, -0.05) is 29.6 Å². The van der Waals surface area contributed by atoms with E-state index in [2.05, 4.69) is 31.2 Å². The molecule has 0 radical (unpaired) electrons. The summed E-state index contributed by atoms with van der Waals surface area (Å²) in [5.41, 5.74) is 9.50. The maximum Gasteiger partial charge on any atom is 0.227 e. The van der Waals surface area contributed by atoms with Crippen molar-refractivity contribution in [1.82, 2.24) is 19.9 Å². The third kappa shape index (κ3) is 6.29. The van der Waals surface area contributed by atoms with Gasteiger partial charge in [0.15, 0.2) is 5.13 Å². The fraction of sp³-hybridized carbons (Fsp3) is 0.240. The number of anilines is 3. The van der Waals surface area contributed by atoms with E-state index in [0.29, 0.717) is 16.8 Å². The molecule has 35 heavy (non-hydrogen) atoms. The van der Waals surface area contributed by atoms with Crippen molar-refractivity contribution < 1.29 is 8.95 Å². The monoisotopic (exact) mass is 506 g/mol. The number of hydrogen-bond donors (Lipinski definition) is 2. The largest absolute Gasteiger partial charge is 0.379 e. The van der Waals surface area contributed by atoms with Gasteiger partial charge in [0, 0.05) is 53.9 Å². The van der Waals surface area contributed by atoms with Crippen molar-refractivity contribution in [2.45, 2.75) is 4.90 Å². The van der Waals surface area contributed by atoms with Crippen LogP contribution in [-0.4, -0.2) is 62.7 Å². The zero-order valence-corrected chi connectivity index (χ0v) is 20.7. The molecule has 1 atom stereocenters. The molecular weight excluding hydrogens is 480 g/mol. The first-order valence-corrected chi connectivity index (χ1v) is 13.5. The molecule has 1 unspecified atom stereocenters. The number of thiazole rings is 1. The van der Waals surface area contributed by atoms with Crippen molar-refractivity contribution in [3.8, 4) is 0 Å². The lowest BCUT2D eigenvalue weighted by Gasteiger charge is -2.26. The number of nitrogens with two attached hydrogens (primary N) is 1. The molecule has 3 heterocycles. The molecule has 0 saturated carbocycles. The molecule has 3 N–H and O–H groups in total. The second-order valence-electron chi connectivity index (χ2n) is 8.11. The minimum Gasteiger partial charge on any atom is -0.379 e. The van der Waals surface area contributed by atoms with E-state index in [1.165, 1.54) is 11.3 Å². The average molecular weight is 507 g/mol. The molecule has 4 aromatic rings. The van der Waals surface area contributed by atoms with Gasteiger partial charge in [-0.05, 0) is 42.0 Å². The fourth-order valence-electron chi connectivity index (χ4n) is 3.72. The summed E-state index contributed by atoms with van der Waals surface area (Å²) in [7, 11) is -1.03. The first kappa shape index (κ1) is 23.6. The number of nitrogen functional groups attached to an aromatic ring is 1. The number of fused-ring (bicyclic) bond motifs is 1. The lowest BCUT2D eigenvalue weighted by molar-refractivity contribution is 0.0409. The van der Waals surface area contributed by atoms with Gasteiger partial charge in [-0.3, -0.25) is 9.11 Å². The standard InChI is InChI=1S/C25H26N6O2S2/c26-24-30-22-8-3-18(15-23(22)34-24)1-2-19-16-27-25(28-17-19)29-20-4-6-21(7-5-20)35(32)14-11-31-9-12-33-13-10-31/h1-8,15-17H,9-14H2,(H2,26,30)(H,27,28,29)/b2-1+. The van der Waals surface area contributed by atoms with Gasteiger partial charge in [-0.25, -0.2) is 15.0 Å². The molecule has 0 bridgehead atoms. The SMILES string of the molecule is Nc1nc2ccc(/C=C/c3cnc(Nc4ccc(S(=O)CCN5CCOCC5)cc4)nc3)cc2s1. The van der Waals surface area contributed by atoms with Gasteiger partial charge in [0.1, 0.15) is 0 Å². The van der Waals surface area contributed by atoms with E-state index in [-0.39, 0.29) is 0 Å². The van der Waals surface area contributed by atoms with Crippen molar-refractivity contribution in [1.29, 1.82) is 0 Å². The third-order valence-electron chi connectivity index (χ3n) is 5.64. The van der Waals surface area contributed by atoms with E-state index in [1.807, 2.05) is 48.6 Å². The Labute approximate surface area is 210 Å². The van der Waals surface area contributed by atoms with Crippen LogP contribution in [0.4, 0.5) is 16.8 Å². The maximum absolute atomic E-state index is 12.6. The van der Waals surface area contributed by atoms with E-state index in [1.54, 1.807) is 12.4 Å². The van der Waals surface area contributed by atoms with Crippen molar-refractivity contribution in [2.24, 2.45) is 0 Å². The second kappa shape index (κ2) is 11.0. The summed E-state index contributed by atoms with van der Waals surface area (Å²) < 4.78 is 19.0. The first-order valence-electron chi connectivity index (χ1n) is 11.3. The van der Waals surface area contributed by atoms with Gasteiger partial charge in [0.25, 0.3) is 0 Å². The summed E-state index contributed by atoms with van der Waals surface area (Å²) in [5, 5.41) is 3.77. The number of morpholine rings is 1. The molecule has 1 aliphatic heterocycles. The van der Waals surface area contributed by atoms with Gasteiger partial charge in [0.05, 0.1) is 34.2 Å². The highest BCUT2D eigenvalue weighted by molar-refractivity contribution is 7.85. The molecule has 1 saturated heterocycles. The molecule has 2 aromatic carbocycles. The summed E-state index contributed by atoms with van der Waals surface area (Å²) >= 11 is 1.48. The Kier molecular flexibility index (Phi) is 7.43. The lowest BCUT2D eigenvalue weighted by atomic mass is 10.2. The number of hydrogen-bond acceptors (Lipinski definition) is 9. The predicted molar refractivity (Wildman–Crippen MR) is 143 cm³/mol. The van der Waals surface area contributed by atoms with E-state index >= 15 is 0 Å². The number of nitrogens with zero attached hydrogens (tertiary/aromatic N) is 4. The Morgan fingerprint density at radius 2 is 1.80 bits per heavy atom. The molecule has 0 aliphatic carbocycles. The number of nitrogens with one attached hydrogen (secondary N) is 1. The Balaban J connectivity index is 1.15. The Morgan fingerprint density at radius 1 is 1.06 bits per heavy atom. The van der Waals surface area contributed by atoms with Crippen LogP contribution in [0.5, 0.6) is 0 Å². The second-order valence-corrected chi connectivity index (χ2v) is 10.7. The summed E-state index contributed by atoms with van der Waals surface area (Å²) in [6.45, 7) is 4.15. The van der Waals surface area contributed by atoms with Crippen LogP contribution in [0.25, 0.3) is 22.4 Å². The minimum atomic E-state index is -1.03. The number of ether oxygens (including phenoxy) is 1. The molecule has 10 heteroatoms. The van der Waals surface area contributed by atoms with Crippen LogP contribution >= 0.6 is 11.3 Å². The van der Waals surface area contributed by atoms with E-state index < -0.39 is 10.8 Å². The van der Waals surface area contributed by atoms with Crippen molar-refractivity contribution in [2.75, 3.05) is 49.7 Å². The van der Waals surface area contributed by atoms with Crippen LogP contribution in [0.15, 0.2) is 59.8 Å². The zero-order chi connectivity index (χ0) is 24.0. The fourth-order valence-corrected chi connectivity index (χ4v) is 5.60. The molecule has 5 rings (SSSR count). The summed E-state index contributed by atoms with van der Waals surface area (Å²) in [5.74, 6) is 1.13. The van der Waals surface area contributed by atoms with Crippen LogP contribution in [0.2, 0.25) is 0 Å². The van der Waals surface area contributed by atoms with E-state index in [0.717, 1.165) is 64.8 Å². The quantitative estimate of drug-likeness (QED) is 0.369. The van der Waals surface area contributed by atoms with Crippen molar-refractivity contribution in [3.63, 3.8) is 0 Å². The predicted octanol–water partition coefficient (Wildman–Crippen LogP) is 4.02. The van der Waals surface area contributed by atoms with Crippen LogP contribution in [0, 0.1) is 0 Å². The third-order valence-corrected chi connectivity index (χ3v) is 7.84. The molecular formula is C25H26N6O2S2. The molecule has 1 aliphatic rings. The summed E-state index contributed by atoms with van der Waals surface area (Å²) in [6, 6.07) is 13.6. The van der Waals surface area contributed by atoms with Gasteiger partial charge in [-0.2, -0.15) is 0 Å². The zero-order valence-electron chi connectivity index (χ0n) is 19.1. The van der Waals surface area contributed by atoms with Crippen LogP contribution in [-0.2, 0) is 15.5 Å². The van der Waals surface area contributed by atoms with Crippen LogP contribution < -0.4 is 11.1 Å². The van der Waals surface area contributed by atoms with Crippen molar-refractivity contribution >= 4 is 61.3 Å². The van der Waals surface area contributed by atoms with Crippen LogP contribution in [0.1, 0.15) is 11.1 Å². The van der Waals surface area contributed by atoms with Crippen LogP contribution in [0.3, 0.4) is 0 Å². The smallest absolute Gasteiger partial charge is 0.227 e. The lowest BCUT2D eigenvalue weighted by Crippen LogP contribution is -2.38. The topological polar surface area (TPSA) is 106 Å². The first-order chi connectivity index (χ1) is 17.1. The van der Waals surface area contributed by atoms with E-state index in [4.69, 9.17) is 10.5 Å². The van der Waals surface area contributed by atoms with Gasteiger partial charge < -0.3 is 15.8 Å². The molecule has 2 aromatic heterocycles. The van der Waals surface area contributed by atoms with Gasteiger partial charge in [-0.15, -0.1) is 0 Å². The van der Waals surface area contributed by atoms with Gasteiger partial charge >= 0.3 is 0 Å². The Morgan fingerprint density at radius 3 is 2.57 bits per heavy atom. The highest BCUT2D eigenvalue weighted by Gasteiger charge is 2.12. The summed E-state index contributed by atoms with van der Waals surface area (Å²) in [4.78, 5) is 16.2. The average Bonchev–Trinajstić information content (AvgIpc) is 3.27.